The zero-order chi connectivity index (χ0) is 23.2. The minimum Gasteiger partial charge on any atom is -0.508 e. The molecule has 2 N–H and O–H groups in total. The molecule has 9 nitrogen and oxygen atoms in total. The van der Waals surface area contributed by atoms with Crippen molar-refractivity contribution in [2.24, 2.45) is 0 Å². The van der Waals surface area contributed by atoms with Crippen molar-refractivity contribution >= 4 is 11.9 Å². The van der Waals surface area contributed by atoms with Crippen LogP contribution in [0.15, 0.2) is 42.5 Å². The first-order chi connectivity index (χ1) is 15.5. The number of benzene rings is 2. The summed E-state index contributed by atoms with van der Waals surface area (Å²) >= 11 is 0. The molecule has 0 heterocycles. The Labute approximate surface area is 186 Å². The van der Waals surface area contributed by atoms with Gasteiger partial charge in [-0.25, -0.2) is 0 Å². The van der Waals surface area contributed by atoms with Crippen molar-refractivity contribution in [3.8, 4) is 23.0 Å². The molecule has 0 saturated carbocycles. The Bertz CT molecular complexity index is 863. The summed E-state index contributed by atoms with van der Waals surface area (Å²) in [5.41, 5.74) is 0.664. The number of phenols is 2. The highest BCUT2D eigenvalue weighted by Crippen LogP contribution is 2.34. The molecule has 0 amide bonds. The van der Waals surface area contributed by atoms with Gasteiger partial charge in [-0.05, 0) is 23.8 Å². The number of allylic oxidation sites excluding steroid dienone is 1. The summed E-state index contributed by atoms with van der Waals surface area (Å²) in [7, 11) is 3.11. The van der Waals surface area contributed by atoms with Gasteiger partial charge in [0.1, 0.15) is 28.6 Å². The van der Waals surface area contributed by atoms with E-state index in [1.54, 1.807) is 32.4 Å². The molecule has 0 unspecified atom stereocenters. The maximum Gasteiger partial charge on any atom is 0.193 e. The van der Waals surface area contributed by atoms with Crippen LogP contribution in [0.1, 0.15) is 15.9 Å². The second-order valence-corrected chi connectivity index (χ2v) is 6.43. The average molecular weight is 448 g/mol. The Morgan fingerprint density at radius 1 is 0.875 bits per heavy atom. The lowest BCUT2D eigenvalue weighted by atomic mass is 10.1. The topological polar surface area (TPSA) is 113 Å². The van der Waals surface area contributed by atoms with Crippen LogP contribution in [0.25, 0.3) is 6.08 Å². The van der Waals surface area contributed by atoms with Crippen LogP contribution < -0.4 is 9.47 Å². The van der Waals surface area contributed by atoms with E-state index >= 15 is 0 Å². The maximum absolute atomic E-state index is 12.8. The number of hydrogen-bond acceptors (Lipinski definition) is 9. The molecule has 0 fully saturated rings. The first kappa shape index (κ1) is 25.2. The fraction of sp³-hybridized carbons (Fsp3) is 0.348. The monoisotopic (exact) mass is 448 g/mol. The van der Waals surface area contributed by atoms with Gasteiger partial charge in [0, 0.05) is 26.4 Å². The number of rotatable bonds is 15. The zero-order valence-electron chi connectivity index (χ0n) is 18.1. The molecule has 0 atom stereocenters. The molecular formula is C23H28O9. The van der Waals surface area contributed by atoms with Gasteiger partial charge in [-0.2, -0.15) is 0 Å². The Balaban J connectivity index is 2.15. The molecule has 0 bridgehead atoms. The number of carbonyl (C=O) groups excluding carboxylic acids is 1. The van der Waals surface area contributed by atoms with Crippen LogP contribution in [0.5, 0.6) is 23.0 Å². The van der Waals surface area contributed by atoms with Crippen molar-refractivity contribution in [2.45, 2.75) is 0 Å². The molecule has 0 aliphatic carbocycles. The van der Waals surface area contributed by atoms with Crippen LogP contribution in [0.2, 0.25) is 0 Å². The highest BCUT2D eigenvalue weighted by Gasteiger charge is 2.18. The summed E-state index contributed by atoms with van der Waals surface area (Å²) in [6.45, 7) is 1.23. The third kappa shape index (κ3) is 8.56. The number of methoxy groups -OCH3 is 2. The van der Waals surface area contributed by atoms with Gasteiger partial charge in [-0.15, -0.1) is 0 Å². The number of carbonyl (C=O) groups is 1. The highest BCUT2D eigenvalue weighted by molar-refractivity contribution is 6.10. The molecule has 2 rings (SSSR count). The van der Waals surface area contributed by atoms with Gasteiger partial charge in [-0.1, -0.05) is 18.2 Å². The standard InChI is InChI=1S/C23H28O9/c1-27-9-11-29-15-31-19-13-21(26)23(22(14-19)32-16-30-12-10-28-2)20(25)8-5-17-3-6-18(24)7-4-17/h3-8,13-14,24,26H,9-12,15-16H2,1-2H3. The van der Waals surface area contributed by atoms with Crippen LogP contribution in [0, 0.1) is 0 Å². The number of aromatic hydroxyl groups is 2. The van der Waals surface area contributed by atoms with Gasteiger partial charge in [0.25, 0.3) is 0 Å². The minimum absolute atomic E-state index is 0.0389. The van der Waals surface area contributed by atoms with Crippen molar-refractivity contribution in [3.05, 3.63) is 53.6 Å². The predicted molar refractivity (Wildman–Crippen MR) is 116 cm³/mol. The summed E-state index contributed by atoms with van der Waals surface area (Å²) < 4.78 is 31.4. The highest BCUT2D eigenvalue weighted by atomic mass is 16.7. The van der Waals surface area contributed by atoms with Gasteiger partial charge >= 0.3 is 0 Å². The van der Waals surface area contributed by atoms with Crippen LogP contribution in [-0.4, -0.2) is 70.2 Å². The van der Waals surface area contributed by atoms with E-state index in [-0.39, 0.29) is 42.1 Å². The van der Waals surface area contributed by atoms with E-state index in [4.69, 9.17) is 28.4 Å². The van der Waals surface area contributed by atoms with Gasteiger partial charge in [0.05, 0.1) is 26.4 Å². The summed E-state index contributed by atoms with van der Waals surface area (Å²) in [6.07, 6.45) is 2.86. The van der Waals surface area contributed by atoms with Gasteiger partial charge in [0.15, 0.2) is 19.4 Å². The fourth-order valence-electron chi connectivity index (χ4n) is 2.48. The molecule has 0 aliphatic rings. The maximum atomic E-state index is 12.8. The molecule has 0 aromatic heterocycles. The lowest BCUT2D eigenvalue weighted by Crippen LogP contribution is -2.11. The second kappa shape index (κ2) is 14.0. The number of ether oxygens (including phenoxy) is 6. The van der Waals surface area contributed by atoms with E-state index in [1.165, 1.54) is 30.3 Å². The summed E-state index contributed by atoms with van der Waals surface area (Å²) in [5, 5.41) is 19.9. The molecule has 0 spiro atoms. The van der Waals surface area contributed by atoms with Crippen LogP contribution in [0.4, 0.5) is 0 Å². The Kier molecular flexibility index (Phi) is 11.0. The van der Waals surface area contributed by atoms with Crippen LogP contribution in [0.3, 0.4) is 0 Å². The Morgan fingerprint density at radius 3 is 2.12 bits per heavy atom. The zero-order valence-corrected chi connectivity index (χ0v) is 18.1. The first-order valence-electron chi connectivity index (χ1n) is 9.82. The normalized spacial score (nSPS) is 11.1. The fourth-order valence-corrected chi connectivity index (χ4v) is 2.48. The number of ketones is 1. The third-order valence-electron chi connectivity index (χ3n) is 4.09. The van der Waals surface area contributed by atoms with Crippen LogP contribution >= 0.6 is 0 Å². The van der Waals surface area contributed by atoms with Gasteiger partial charge in [0.2, 0.25) is 0 Å². The summed E-state index contributed by atoms with van der Waals surface area (Å²) in [5.74, 6) is -0.324. The molecule has 32 heavy (non-hydrogen) atoms. The van der Waals surface area contributed by atoms with Crippen molar-refractivity contribution in [3.63, 3.8) is 0 Å². The smallest absolute Gasteiger partial charge is 0.193 e. The number of phenolic OH excluding ortho intramolecular Hbond substituents is 2. The second-order valence-electron chi connectivity index (χ2n) is 6.43. The van der Waals surface area contributed by atoms with Crippen molar-refractivity contribution < 1.29 is 43.4 Å². The van der Waals surface area contributed by atoms with Gasteiger partial charge in [-0.3, -0.25) is 4.79 Å². The van der Waals surface area contributed by atoms with E-state index in [9.17, 15) is 15.0 Å². The molecule has 2 aromatic rings. The lowest BCUT2D eigenvalue weighted by molar-refractivity contribution is -0.0119. The Morgan fingerprint density at radius 2 is 1.50 bits per heavy atom. The first-order valence-corrected chi connectivity index (χ1v) is 9.82. The van der Waals surface area contributed by atoms with Crippen molar-refractivity contribution in [1.29, 1.82) is 0 Å². The van der Waals surface area contributed by atoms with Gasteiger partial charge < -0.3 is 38.6 Å². The molecular weight excluding hydrogens is 420 g/mol. The van der Waals surface area contributed by atoms with E-state index in [1.807, 2.05) is 0 Å². The van der Waals surface area contributed by atoms with E-state index in [2.05, 4.69) is 0 Å². The van der Waals surface area contributed by atoms with E-state index < -0.39 is 5.78 Å². The van der Waals surface area contributed by atoms with Crippen LogP contribution in [-0.2, 0) is 18.9 Å². The lowest BCUT2D eigenvalue weighted by Gasteiger charge is -2.14. The minimum atomic E-state index is -0.481. The Hall–Kier alpha value is -3.11. The van der Waals surface area contributed by atoms with Crippen molar-refractivity contribution in [1.82, 2.24) is 0 Å². The molecule has 0 radical (unpaired) electrons. The molecule has 0 saturated heterocycles. The molecule has 174 valence electrons. The quantitative estimate of drug-likeness (QED) is 0.184. The van der Waals surface area contributed by atoms with E-state index in [0.717, 1.165) is 0 Å². The molecule has 2 aromatic carbocycles. The number of hydrogen-bond donors (Lipinski definition) is 2. The molecule has 0 aliphatic heterocycles. The molecule has 9 heteroatoms. The average Bonchev–Trinajstić information content (AvgIpc) is 2.78. The SMILES string of the molecule is COCCOCOc1cc(O)c(C(=O)C=Cc2ccc(O)cc2)c(OCOCCOC)c1. The summed E-state index contributed by atoms with van der Waals surface area (Å²) in [6, 6.07) is 9.10. The third-order valence-corrected chi connectivity index (χ3v) is 4.09. The predicted octanol–water partition coefficient (Wildman–Crippen LogP) is 2.99. The van der Waals surface area contributed by atoms with E-state index in [0.29, 0.717) is 32.0 Å². The van der Waals surface area contributed by atoms with Crippen molar-refractivity contribution in [2.75, 3.05) is 54.2 Å². The largest absolute Gasteiger partial charge is 0.508 e. The summed E-state index contributed by atoms with van der Waals surface area (Å²) in [4.78, 5) is 12.8.